The Kier molecular flexibility index (Phi) is 7.44. The van der Waals surface area contributed by atoms with Crippen molar-refractivity contribution in [1.82, 2.24) is 14.8 Å². The molecule has 1 aliphatic carbocycles. The van der Waals surface area contributed by atoms with Crippen LogP contribution in [0.25, 0.3) is 0 Å². The van der Waals surface area contributed by atoms with Crippen molar-refractivity contribution in [2.24, 2.45) is 0 Å². The Morgan fingerprint density at radius 3 is 2.50 bits per heavy atom. The van der Waals surface area contributed by atoms with Crippen molar-refractivity contribution in [1.29, 1.82) is 0 Å². The van der Waals surface area contributed by atoms with E-state index in [1.54, 1.807) is 24.2 Å². The molecule has 0 saturated heterocycles. The number of aromatic nitrogens is 1. The number of likely N-dealkylation sites (N-methyl/N-ethyl adjacent to an activating group) is 1. The predicted octanol–water partition coefficient (Wildman–Crippen LogP) is 3.17. The van der Waals surface area contributed by atoms with E-state index in [2.05, 4.69) is 12.2 Å². The van der Waals surface area contributed by atoms with Crippen molar-refractivity contribution < 1.29 is 9.59 Å². The number of rotatable bonds is 7. The average Bonchev–Trinajstić information content (AvgIpc) is 2.76. The molecule has 0 unspecified atom stereocenters. The highest BCUT2D eigenvalue weighted by atomic mass is 16.2. The SMILES string of the molecule is C[C@H](CN(C)C(=O)c1cccn(CC(=O)NC2CCCCC2)c1=O)c1ccccc1. The van der Waals surface area contributed by atoms with E-state index >= 15 is 0 Å². The number of pyridine rings is 1. The zero-order chi connectivity index (χ0) is 21.5. The van der Waals surface area contributed by atoms with Crippen LogP contribution >= 0.6 is 0 Å². The molecule has 1 fully saturated rings. The van der Waals surface area contributed by atoms with Gasteiger partial charge in [-0.3, -0.25) is 14.4 Å². The number of nitrogens with one attached hydrogen (secondary N) is 1. The van der Waals surface area contributed by atoms with Crippen LogP contribution in [0.15, 0.2) is 53.5 Å². The van der Waals surface area contributed by atoms with Crippen molar-refractivity contribution in [3.05, 3.63) is 70.1 Å². The van der Waals surface area contributed by atoms with Gasteiger partial charge in [0.1, 0.15) is 12.1 Å². The van der Waals surface area contributed by atoms with Gasteiger partial charge in [-0.25, -0.2) is 0 Å². The van der Waals surface area contributed by atoms with E-state index in [0.29, 0.717) is 6.54 Å². The van der Waals surface area contributed by atoms with Crippen molar-refractivity contribution in [3.8, 4) is 0 Å². The summed E-state index contributed by atoms with van der Waals surface area (Å²) in [5.41, 5.74) is 0.799. The lowest BCUT2D eigenvalue weighted by Crippen LogP contribution is -2.41. The molecule has 0 aliphatic heterocycles. The third-order valence-electron chi connectivity index (χ3n) is 5.80. The first kappa shape index (κ1) is 21.8. The first-order valence-electron chi connectivity index (χ1n) is 10.7. The summed E-state index contributed by atoms with van der Waals surface area (Å²) in [6.45, 7) is 2.48. The van der Waals surface area contributed by atoms with E-state index in [0.717, 1.165) is 31.2 Å². The molecule has 1 N–H and O–H groups in total. The molecule has 160 valence electrons. The van der Waals surface area contributed by atoms with Crippen molar-refractivity contribution in [3.63, 3.8) is 0 Å². The lowest BCUT2D eigenvalue weighted by Gasteiger charge is -2.23. The number of hydrogen-bond donors (Lipinski definition) is 1. The lowest BCUT2D eigenvalue weighted by molar-refractivity contribution is -0.122. The van der Waals surface area contributed by atoms with E-state index in [9.17, 15) is 14.4 Å². The minimum atomic E-state index is -0.430. The smallest absolute Gasteiger partial charge is 0.263 e. The summed E-state index contributed by atoms with van der Waals surface area (Å²) in [5.74, 6) is -0.364. The van der Waals surface area contributed by atoms with Crippen LogP contribution in [-0.4, -0.2) is 40.9 Å². The Bertz CT molecular complexity index is 917. The normalized spacial score (nSPS) is 15.4. The third kappa shape index (κ3) is 5.59. The van der Waals surface area contributed by atoms with Gasteiger partial charge in [0.25, 0.3) is 11.5 Å². The van der Waals surface area contributed by atoms with Crippen molar-refractivity contribution in [2.75, 3.05) is 13.6 Å². The summed E-state index contributed by atoms with van der Waals surface area (Å²) in [4.78, 5) is 39.7. The number of hydrogen-bond acceptors (Lipinski definition) is 3. The Balaban J connectivity index is 1.65. The van der Waals surface area contributed by atoms with Crippen LogP contribution in [0, 0.1) is 0 Å². The zero-order valence-corrected chi connectivity index (χ0v) is 17.8. The molecule has 0 bridgehead atoms. The fourth-order valence-corrected chi connectivity index (χ4v) is 4.09. The van der Waals surface area contributed by atoms with Gasteiger partial charge in [0.2, 0.25) is 5.91 Å². The van der Waals surface area contributed by atoms with Gasteiger partial charge >= 0.3 is 0 Å². The molecule has 0 spiro atoms. The number of carbonyl (C=O) groups excluding carboxylic acids is 2. The summed E-state index contributed by atoms with van der Waals surface area (Å²) < 4.78 is 1.32. The molecule has 6 nitrogen and oxygen atoms in total. The van der Waals surface area contributed by atoms with Gasteiger partial charge in [0.05, 0.1) is 0 Å². The summed E-state index contributed by atoms with van der Waals surface area (Å²) in [5, 5.41) is 3.02. The van der Waals surface area contributed by atoms with Gasteiger partial charge in [-0.05, 0) is 36.5 Å². The second-order valence-electron chi connectivity index (χ2n) is 8.25. The molecule has 1 aromatic carbocycles. The molecule has 1 heterocycles. The molecule has 1 atom stereocenters. The van der Waals surface area contributed by atoms with Gasteiger partial charge in [0, 0.05) is 25.8 Å². The van der Waals surface area contributed by atoms with E-state index in [1.807, 2.05) is 30.3 Å². The minimum absolute atomic E-state index is 0.0689. The van der Waals surface area contributed by atoms with Crippen LogP contribution in [0.2, 0.25) is 0 Å². The molecular weight excluding hydrogens is 378 g/mol. The highest BCUT2D eigenvalue weighted by Crippen LogP contribution is 2.17. The standard InChI is InChI=1S/C24H31N3O3/c1-18(19-10-5-3-6-11-19)16-26(2)23(29)21-14-9-15-27(24(21)30)17-22(28)25-20-12-7-4-8-13-20/h3,5-6,9-11,14-15,18,20H,4,7-8,12-13,16-17H2,1-2H3,(H,25,28)/t18-/m1/s1. The Morgan fingerprint density at radius 1 is 1.10 bits per heavy atom. The van der Waals surface area contributed by atoms with E-state index < -0.39 is 5.56 Å². The number of carbonyl (C=O) groups is 2. The van der Waals surface area contributed by atoms with Gasteiger partial charge in [-0.1, -0.05) is 56.5 Å². The molecule has 1 saturated carbocycles. The van der Waals surface area contributed by atoms with E-state index in [1.165, 1.54) is 17.1 Å². The van der Waals surface area contributed by atoms with Crippen molar-refractivity contribution in [2.45, 2.75) is 57.5 Å². The molecule has 30 heavy (non-hydrogen) atoms. The highest BCUT2D eigenvalue weighted by molar-refractivity contribution is 5.93. The average molecular weight is 410 g/mol. The molecule has 3 rings (SSSR count). The van der Waals surface area contributed by atoms with Crippen LogP contribution < -0.4 is 10.9 Å². The summed E-state index contributed by atoms with van der Waals surface area (Å²) in [7, 11) is 1.70. The fraction of sp³-hybridized carbons (Fsp3) is 0.458. The van der Waals surface area contributed by atoms with E-state index in [4.69, 9.17) is 0 Å². The van der Waals surface area contributed by atoms with Crippen LogP contribution in [-0.2, 0) is 11.3 Å². The maximum atomic E-state index is 12.9. The minimum Gasteiger partial charge on any atom is -0.352 e. The van der Waals surface area contributed by atoms with Gasteiger partial charge in [0.15, 0.2) is 0 Å². The summed E-state index contributed by atoms with van der Waals surface area (Å²) in [6, 6.07) is 13.3. The van der Waals surface area contributed by atoms with Gasteiger partial charge < -0.3 is 14.8 Å². The predicted molar refractivity (Wildman–Crippen MR) is 118 cm³/mol. The second kappa shape index (κ2) is 10.2. The maximum absolute atomic E-state index is 12.9. The molecule has 2 amide bonds. The van der Waals surface area contributed by atoms with Crippen LogP contribution in [0.4, 0.5) is 0 Å². The zero-order valence-electron chi connectivity index (χ0n) is 17.8. The van der Waals surface area contributed by atoms with Crippen molar-refractivity contribution >= 4 is 11.8 Å². The van der Waals surface area contributed by atoms with Gasteiger partial charge in [-0.2, -0.15) is 0 Å². The first-order chi connectivity index (χ1) is 14.5. The van der Waals surface area contributed by atoms with Crippen LogP contribution in [0.3, 0.4) is 0 Å². The largest absolute Gasteiger partial charge is 0.352 e. The third-order valence-corrected chi connectivity index (χ3v) is 5.80. The maximum Gasteiger partial charge on any atom is 0.263 e. The molecule has 6 heteroatoms. The lowest BCUT2D eigenvalue weighted by atomic mass is 9.95. The first-order valence-corrected chi connectivity index (χ1v) is 10.7. The van der Waals surface area contributed by atoms with E-state index in [-0.39, 0.29) is 35.9 Å². The summed E-state index contributed by atoms with van der Waals surface area (Å²) >= 11 is 0. The second-order valence-corrected chi connectivity index (χ2v) is 8.25. The van der Waals surface area contributed by atoms with Gasteiger partial charge in [-0.15, -0.1) is 0 Å². The molecule has 1 aromatic heterocycles. The Labute approximate surface area is 177 Å². The fourth-order valence-electron chi connectivity index (χ4n) is 4.09. The highest BCUT2D eigenvalue weighted by Gasteiger charge is 2.20. The van der Waals surface area contributed by atoms with Crippen LogP contribution in [0.5, 0.6) is 0 Å². The topological polar surface area (TPSA) is 71.4 Å². The Hall–Kier alpha value is -2.89. The quantitative estimate of drug-likeness (QED) is 0.764. The summed E-state index contributed by atoms with van der Waals surface area (Å²) in [6.07, 6.45) is 7.01. The number of benzene rings is 1. The molecule has 2 aromatic rings. The monoisotopic (exact) mass is 409 g/mol. The number of nitrogens with zero attached hydrogens (tertiary/aromatic N) is 2. The Morgan fingerprint density at radius 2 is 1.80 bits per heavy atom. The molecule has 0 radical (unpaired) electrons. The van der Waals surface area contributed by atoms with Crippen LogP contribution in [0.1, 0.15) is 60.9 Å². The molecular formula is C24H31N3O3. The number of amides is 2. The molecule has 1 aliphatic rings.